The molecule has 0 bridgehead atoms. The average Bonchev–Trinajstić information content (AvgIpc) is 3.02. The summed E-state index contributed by atoms with van der Waals surface area (Å²) >= 11 is 0. The summed E-state index contributed by atoms with van der Waals surface area (Å²) in [6, 6.07) is 24.5. The Labute approximate surface area is 263 Å². The van der Waals surface area contributed by atoms with E-state index in [1.54, 1.807) is 14.2 Å². The summed E-state index contributed by atoms with van der Waals surface area (Å²) < 4.78 is 11.5. The van der Waals surface area contributed by atoms with Crippen LogP contribution in [-0.4, -0.2) is 22.3 Å². The molecule has 200 valence electrons. The number of halogens is 3. The van der Waals surface area contributed by atoms with Gasteiger partial charge in [-0.25, -0.2) is 0 Å². The number of ether oxygens (including phenoxy) is 2. The third kappa shape index (κ3) is 6.25. The maximum Gasteiger partial charge on any atom is 4.00 e. The van der Waals surface area contributed by atoms with Crippen molar-refractivity contribution in [2.45, 2.75) is 41.5 Å². The van der Waals surface area contributed by atoms with Crippen molar-refractivity contribution in [3.8, 4) is 11.5 Å². The molecule has 0 heterocycles. The summed E-state index contributed by atoms with van der Waals surface area (Å²) in [5.41, 5.74) is 8.14. The van der Waals surface area contributed by atoms with E-state index in [2.05, 4.69) is 96.1 Å². The van der Waals surface area contributed by atoms with Gasteiger partial charge >= 0.3 is 21.7 Å². The van der Waals surface area contributed by atoms with Gasteiger partial charge in [0.25, 0.3) is 0 Å². The molecule has 0 amide bonds. The number of aryl methyl sites for hydroxylation is 2. The summed E-state index contributed by atoms with van der Waals surface area (Å²) in [6.45, 7) is 13.5. The summed E-state index contributed by atoms with van der Waals surface area (Å²) in [5.74, 6) is 1.77. The summed E-state index contributed by atoms with van der Waals surface area (Å²) in [6.07, 6.45) is 0. The zero-order valence-corrected chi connectivity index (χ0v) is 28.1. The molecule has 0 radical (unpaired) electrons. The van der Waals surface area contributed by atoms with E-state index >= 15 is 0 Å². The van der Waals surface area contributed by atoms with Gasteiger partial charge in [-0.05, 0) is 38.1 Å². The molecule has 4 aromatic carbocycles. The SMILES string of the molecule is COc1cccc([Si](c2cc(C)cc(C)c2)(c2cccc(OC)c2)[c-]2c(C)c(C)c(C)c2C)c1.[Cl-].[Cl-].[Cl-].[Ti+4]. The Morgan fingerprint density at radius 3 is 1.32 bits per heavy atom. The summed E-state index contributed by atoms with van der Waals surface area (Å²) in [5, 5.41) is 5.51. The molecule has 38 heavy (non-hydrogen) atoms. The molecule has 0 aliphatic rings. The van der Waals surface area contributed by atoms with Crippen LogP contribution in [0.4, 0.5) is 0 Å². The van der Waals surface area contributed by atoms with Crippen LogP contribution in [0.2, 0.25) is 0 Å². The monoisotopic (exact) mass is 620 g/mol. The van der Waals surface area contributed by atoms with Crippen molar-refractivity contribution in [2.75, 3.05) is 14.2 Å². The largest absolute Gasteiger partial charge is 4.00 e. The van der Waals surface area contributed by atoms with Crippen LogP contribution in [0.1, 0.15) is 33.4 Å². The van der Waals surface area contributed by atoms with Gasteiger partial charge in [0.1, 0.15) is 19.6 Å². The van der Waals surface area contributed by atoms with Gasteiger partial charge in [-0.2, -0.15) is 22.3 Å². The van der Waals surface area contributed by atoms with Gasteiger partial charge in [0, 0.05) is 0 Å². The molecule has 0 N–H and O–H groups in total. The minimum Gasteiger partial charge on any atom is -1.00 e. The molecule has 0 atom stereocenters. The predicted octanol–water partition coefficient (Wildman–Crippen LogP) is -4.34. The van der Waals surface area contributed by atoms with E-state index in [0.717, 1.165) is 11.5 Å². The summed E-state index contributed by atoms with van der Waals surface area (Å²) in [7, 11) is 0.778. The van der Waals surface area contributed by atoms with Crippen molar-refractivity contribution in [1.29, 1.82) is 0 Å². The van der Waals surface area contributed by atoms with Gasteiger partial charge in [0.2, 0.25) is 0 Å². The van der Waals surface area contributed by atoms with Gasteiger partial charge in [-0.1, -0.05) is 96.8 Å². The van der Waals surface area contributed by atoms with Gasteiger partial charge in [0.05, 0.1) is 14.2 Å². The van der Waals surface area contributed by atoms with Crippen LogP contribution in [-0.2, 0) is 21.7 Å². The number of benzene rings is 3. The topological polar surface area (TPSA) is 18.5 Å². The standard InChI is InChI=1S/C31H35O2Si.3ClH.Ti/c1-20-15-21(2)17-30(16-20)34(28-13-9-11-26(18-28)32-7,29-14-10-12-27(19-29)33-8)31-24(5)22(3)23(4)25(31)6;;;;/h9-19H,1-8H3;3*1H;/q-1;;;;+4/p-3. The molecule has 2 nitrogen and oxygen atoms in total. The van der Waals surface area contributed by atoms with Crippen LogP contribution in [0, 0.1) is 41.5 Å². The van der Waals surface area contributed by atoms with Crippen molar-refractivity contribution in [1.82, 2.24) is 0 Å². The summed E-state index contributed by atoms with van der Waals surface area (Å²) in [4.78, 5) is 0. The van der Waals surface area contributed by atoms with Crippen LogP contribution >= 0.6 is 0 Å². The molecule has 0 fully saturated rings. The zero-order chi connectivity index (χ0) is 24.6. The molecule has 0 saturated carbocycles. The van der Waals surface area contributed by atoms with E-state index in [1.165, 1.54) is 54.1 Å². The van der Waals surface area contributed by atoms with Gasteiger partial charge < -0.3 is 46.7 Å². The van der Waals surface area contributed by atoms with Crippen LogP contribution in [0.15, 0.2) is 66.7 Å². The smallest absolute Gasteiger partial charge is 1.00 e. The zero-order valence-electron chi connectivity index (χ0n) is 23.3. The van der Waals surface area contributed by atoms with Crippen molar-refractivity contribution >= 4 is 28.8 Å². The van der Waals surface area contributed by atoms with Crippen molar-refractivity contribution in [3.05, 3.63) is 100 Å². The Kier molecular flexibility index (Phi) is 14.1. The Hall–Kier alpha value is -1.59. The van der Waals surface area contributed by atoms with Crippen LogP contribution < -0.4 is 67.4 Å². The normalized spacial score (nSPS) is 10.3. The molecule has 0 aliphatic heterocycles. The Morgan fingerprint density at radius 1 is 0.553 bits per heavy atom. The first-order valence-electron chi connectivity index (χ1n) is 11.8. The molecule has 0 aliphatic carbocycles. The fraction of sp³-hybridized carbons (Fsp3) is 0.258. The second kappa shape index (κ2) is 14.7. The van der Waals surface area contributed by atoms with Crippen molar-refractivity contribution in [2.24, 2.45) is 0 Å². The molecule has 0 unspecified atom stereocenters. The second-order valence-electron chi connectivity index (χ2n) is 9.47. The minimum atomic E-state index is -2.72. The van der Waals surface area contributed by atoms with Crippen LogP contribution in [0.3, 0.4) is 0 Å². The molecule has 4 aromatic rings. The molecule has 0 aromatic heterocycles. The van der Waals surface area contributed by atoms with E-state index in [0.29, 0.717) is 0 Å². The first-order chi connectivity index (χ1) is 16.2. The Balaban J connectivity index is 0.00000342. The maximum atomic E-state index is 5.74. The molecular formula is C31H35Cl3O2SiTi. The Bertz CT molecular complexity index is 1270. The number of rotatable bonds is 6. The fourth-order valence-corrected chi connectivity index (χ4v) is 11.3. The van der Waals surface area contributed by atoms with E-state index in [1.807, 2.05) is 12.1 Å². The van der Waals surface area contributed by atoms with E-state index < -0.39 is 8.07 Å². The van der Waals surface area contributed by atoms with Crippen molar-refractivity contribution in [3.63, 3.8) is 0 Å². The minimum absolute atomic E-state index is 0. The first-order valence-corrected chi connectivity index (χ1v) is 13.8. The van der Waals surface area contributed by atoms with Crippen LogP contribution in [0.25, 0.3) is 0 Å². The van der Waals surface area contributed by atoms with Crippen molar-refractivity contribution < 1.29 is 68.4 Å². The maximum absolute atomic E-state index is 5.74. The quantitative estimate of drug-likeness (QED) is 0.123. The van der Waals surface area contributed by atoms with E-state index in [-0.39, 0.29) is 58.9 Å². The molecule has 0 spiro atoms. The van der Waals surface area contributed by atoms with E-state index in [9.17, 15) is 0 Å². The average molecular weight is 622 g/mol. The van der Waals surface area contributed by atoms with Gasteiger partial charge in [0.15, 0.2) is 0 Å². The predicted molar refractivity (Wildman–Crippen MR) is 147 cm³/mol. The fourth-order valence-electron chi connectivity index (χ4n) is 5.62. The number of hydrogen-bond acceptors (Lipinski definition) is 2. The molecular weight excluding hydrogens is 587 g/mol. The number of hydrogen-bond donors (Lipinski definition) is 0. The molecule has 7 heteroatoms. The first kappa shape index (κ1) is 36.4. The third-order valence-corrected chi connectivity index (χ3v) is 12.5. The second-order valence-corrected chi connectivity index (χ2v) is 13.2. The van der Waals surface area contributed by atoms with Crippen LogP contribution in [0.5, 0.6) is 11.5 Å². The van der Waals surface area contributed by atoms with Gasteiger partial charge in [-0.15, -0.1) is 5.19 Å². The third-order valence-electron chi connectivity index (χ3n) is 7.47. The molecule has 0 saturated heterocycles. The molecule has 4 rings (SSSR count). The number of methoxy groups -OCH3 is 2. The van der Waals surface area contributed by atoms with Gasteiger partial charge in [-0.3, -0.25) is 0 Å². The Morgan fingerprint density at radius 2 is 0.947 bits per heavy atom. The van der Waals surface area contributed by atoms with E-state index in [4.69, 9.17) is 9.47 Å².